The number of alkyl carbamates (subject to hydrolysis) is 2. The van der Waals surface area contributed by atoms with E-state index in [4.69, 9.17) is 19.4 Å². The Balaban J connectivity index is 0.901. The number of piperidine rings is 1. The number of methoxy groups -OCH3 is 2. The molecule has 2 aliphatic heterocycles. The van der Waals surface area contributed by atoms with Gasteiger partial charge in [0.05, 0.1) is 50.1 Å². The Hall–Kier alpha value is -6.96. The molecule has 0 radical (unpaired) electrons. The molecule has 5 atom stereocenters. The van der Waals surface area contributed by atoms with Gasteiger partial charge in [-0.15, -0.1) is 0 Å². The molecule has 342 valence electrons. The number of benzene rings is 4. The minimum absolute atomic E-state index is 0.00836. The first-order chi connectivity index (χ1) is 32.0. The number of nitrogens with one attached hydrogen (secondary N) is 4. The van der Waals surface area contributed by atoms with Crippen molar-refractivity contribution in [1.29, 1.82) is 0 Å². The first kappa shape index (κ1) is 44.3. The highest BCUT2D eigenvalue weighted by Gasteiger charge is 2.55. The standard InChI is InChI=1S/C52H58N8O6/c1-6-39-13-10-14-42(60(39)49(62)45(58-51(64)66-5)34-11-8-7-9-12-34)46-53-28-40(55-46)33-17-15-32(16-18-33)35-19-20-37-26-38(22-21-36(37)25-35)41-29-54-47(56-41)43-27-52(23-24-52)30-59(43)48(61)44(31(2)3)57-50(63)65-4/h7-9,11-12,15-22,25-26,28-29,31,39,42-45H,6,10,13-14,23-24,27,30H2,1-5H3,(H,53,55)(H,54,56)(H,57,63)(H,58,64)/t39?,42-,43-,44-,45?/m0/s1. The highest BCUT2D eigenvalue weighted by atomic mass is 16.5. The molecule has 1 saturated carbocycles. The molecule has 3 aliphatic rings. The number of hydrogen-bond donors (Lipinski definition) is 4. The number of nitrogens with zero attached hydrogens (tertiary/aromatic N) is 4. The fraction of sp³-hybridized carbons (Fsp3) is 0.385. The normalized spacial score (nSPS) is 19.7. The van der Waals surface area contributed by atoms with Gasteiger partial charge in [-0.05, 0) is 101 Å². The van der Waals surface area contributed by atoms with Crippen LogP contribution in [0.25, 0.3) is 44.4 Å². The van der Waals surface area contributed by atoms with E-state index >= 15 is 0 Å². The SMILES string of the molecule is CCC1CCC[C@@H](c2ncc(-c3ccc(-c4ccc5cc(-c6cnc([C@@H]7CC8(CC8)CN7C(=O)[C@@H](NC(=O)OC)C(C)C)[nH]6)ccc5c4)cc3)[nH]2)N1C(=O)C(NC(=O)OC)c1ccccc1. The Morgan fingerprint density at radius 3 is 1.95 bits per heavy atom. The molecule has 14 nitrogen and oxygen atoms in total. The van der Waals surface area contributed by atoms with Crippen LogP contribution in [0.2, 0.25) is 0 Å². The van der Waals surface area contributed by atoms with Crippen LogP contribution in [0, 0.1) is 11.3 Å². The second-order valence-electron chi connectivity index (χ2n) is 18.5. The maximum absolute atomic E-state index is 14.5. The lowest BCUT2D eigenvalue weighted by Crippen LogP contribution is -2.51. The van der Waals surface area contributed by atoms with Crippen molar-refractivity contribution in [1.82, 2.24) is 40.4 Å². The van der Waals surface area contributed by atoms with Gasteiger partial charge in [-0.25, -0.2) is 19.6 Å². The van der Waals surface area contributed by atoms with E-state index in [9.17, 15) is 19.2 Å². The summed E-state index contributed by atoms with van der Waals surface area (Å²) in [5, 5.41) is 7.74. The number of rotatable bonds is 12. The average molecular weight is 891 g/mol. The molecular weight excluding hydrogens is 833 g/mol. The van der Waals surface area contributed by atoms with Gasteiger partial charge >= 0.3 is 12.2 Å². The maximum atomic E-state index is 14.5. The van der Waals surface area contributed by atoms with Gasteiger partial charge in [0.1, 0.15) is 23.7 Å². The molecule has 66 heavy (non-hydrogen) atoms. The van der Waals surface area contributed by atoms with Crippen molar-refractivity contribution in [2.75, 3.05) is 20.8 Å². The molecule has 6 aromatic rings. The zero-order valence-electron chi connectivity index (χ0n) is 38.2. The molecule has 4 N–H and O–H groups in total. The van der Waals surface area contributed by atoms with E-state index in [1.54, 1.807) is 0 Å². The van der Waals surface area contributed by atoms with Crippen molar-refractivity contribution in [3.8, 4) is 33.6 Å². The minimum atomic E-state index is -0.900. The Kier molecular flexibility index (Phi) is 12.4. The second-order valence-corrected chi connectivity index (χ2v) is 18.5. The van der Waals surface area contributed by atoms with E-state index in [1.165, 1.54) is 14.2 Å². The third-order valence-electron chi connectivity index (χ3n) is 13.9. The van der Waals surface area contributed by atoms with Crippen molar-refractivity contribution in [3.05, 3.63) is 121 Å². The van der Waals surface area contributed by atoms with Crippen LogP contribution < -0.4 is 10.6 Å². The summed E-state index contributed by atoms with van der Waals surface area (Å²) in [6.45, 7) is 6.60. The van der Waals surface area contributed by atoms with E-state index in [0.29, 0.717) is 12.1 Å². The molecule has 9 rings (SSSR count). The summed E-state index contributed by atoms with van der Waals surface area (Å²) in [6, 6.07) is 28.4. The summed E-state index contributed by atoms with van der Waals surface area (Å²) >= 11 is 0. The molecule has 4 amide bonds. The largest absolute Gasteiger partial charge is 0.453 e. The molecule has 4 aromatic carbocycles. The molecule has 2 unspecified atom stereocenters. The molecule has 2 saturated heterocycles. The number of imidazole rings is 2. The summed E-state index contributed by atoms with van der Waals surface area (Å²) in [7, 11) is 2.60. The summed E-state index contributed by atoms with van der Waals surface area (Å²) in [4.78, 5) is 73.6. The molecule has 0 bridgehead atoms. The third kappa shape index (κ3) is 8.88. The summed E-state index contributed by atoms with van der Waals surface area (Å²) in [5.74, 6) is 1.07. The fourth-order valence-electron chi connectivity index (χ4n) is 10.0. The number of H-pyrrole nitrogens is 2. The van der Waals surface area contributed by atoms with Gasteiger partial charge in [-0.3, -0.25) is 9.59 Å². The number of fused-ring (bicyclic) bond motifs is 1. The lowest BCUT2D eigenvalue weighted by atomic mass is 9.91. The molecule has 4 heterocycles. The molecular formula is C52H58N8O6. The van der Waals surface area contributed by atoms with Crippen LogP contribution in [0.15, 0.2) is 103 Å². The van der Waals surface area contributed by atoms with Crippen LogP contribution in [0.3, 0.4) is 0 Å². The predicted molar refractivity (Wildman–Crippen MR) is 252 cm³/mol. The fourth-order valence-corrected chi connectivity index (χ4v) is 10.0. The smallest absolute Gasteiger partial charge is 0.407 e. The third-order valence-corrected chi connectivity index (χ3v) is 13.9. The minimum Gasteiger partial charge on any atom is -0.453 e. The number of ether oxygens (including phenoxy) is 2. The molecule has 2 aromatic heterocycles. The number of hydrogen-bond acceptors (Lipinski definition) is 8. The van der Waals surface area contributed by atoms with Crippen molar-refractivity contribution < 1.29 is 28.7 Å². The molecule has 1 spiro atoms. The number of amides is 4. The van der Waals surface area contributed by atoms with Crippen LogP contribution in [-0.4, -0.2) is 86.6 Å². The highest BCUT2D eigenvalue weighted by molar-refractivity contribution is 5.91. The zero-order chi connectivity index (χ0) is 46.1. The van der Waals surface area contributed by atoms with E-state index < -0.39 is 24.3 Å². The van der Waals surface area contributed by atoms with Gasteiger partial charge in [0.2, 0.25) is 5.91 Å². The van der Waals surface area contributed by atoms with Gasteiger partial charge in [-0.1, -0.05) is 99.6 Å². The number of aromatic amines is 2. The Morgan fingerprint density at radius 1 is 0.727 bits per heavy atom. The number of aromatic nitrogens is 4. The van der Waals surface area contributed by atoms with Crippen LogP contribution >= 0.6 is 0 Å². The van der Waals surface area contributed by atoms with Crippen LogP contribution in [0.4, 0.5) is 9.59 Å². The lowest BCUT2D eigenvalue weighted by Gasteiger charge is -2.42. The topological polar surface area (TPSA) is 175 Å². The molecule has 14 heteroatoms. The quantitative estimate of drug-likeness (QED) is 0.0940. The Labute approximate surface area is 384 Å². The van der Waals surface area contributed by atoms with Gasteiger partial charge in [0.25, 0.3) is 5.91 Å². The Morgan fingerprint density at radius 2 is 1.32 bits per heavy atom. The predicted octanol–water partition coefficient (Wildman–Crippen LogP) is 9.65. The van der Waals surface area contributed by atoms with E-state index in [1.807, 2.05) is 66.4 Å². The van der Waals surface area contributed by atoms with Crippen molar-refractivity contribution in [2.45, 2.75) is 95.9 Å². The number of carbonyl (C=O) groups excluding carboxylic acids is 4. The molecule has 1 aliphatic carbocycles. The van der Waals surface area contributed by atoms with Gasteiger partial charge < -0.3 is 39.9 Å². The first-order valence-corrected chi connectivity index (χ1v) is 23.1. The van der Waals surface area contributed by atoms with Crippen molar-refractivity contribution in [2.24, 2.45) is 11.3 Å². The second kappa shape index (κ2) is 18.5. The van der Waals surface area contributed by atoms with E-state index in [0.717, 1.165) is 101 Å². The summed E-state index contributed by atoms with van der Waals surface area (Å²) in [5.41, 5.74) is 6.69. The summed E-state index contributed by atoms with van der Waals surface area (Å²) in [6.07, 6.45) is 8.77. The van der Waals surface area contributed by atoms with Crippen molar-refractivity contribution in [3.63, 3.8) is 0 Å². The summed E-state index contributed by atoms with van der Waals surface area (Å²) < 4.78 is 9.75. The van der Waals surface area contributed by atoms with Gasteiger partial charge in [0, 0.05) is 18.2 Å². The van der Waals surface area contributed by atoms with E-state index in [2.05, 4.69) is 88.2 Å². The van der Waals surface area contributed by atoms with Crippen LogP contribution in [0.1, 0.15) is 101 Å². The average Bonchev–Trinajstić information content (AvgIpc) is 3.67. The zero-order valence-corrected chi connectivity index (χ0v) is 38.2. The van der Waals surface area contributed by atoms with Crippen LogP contribution in [-0.2, 0) is 19.1 Å². The van der Waals surface area contributed by atoms with Gasteiger partial charge in [0.15, 0.2) is 0 Å². The Bertz CT molecular complexity index is 2730. The monoisotopic (exact) mass is 890 g/mol. The van der Waals surface area contributed by atoms with Gasteiger partial charge in [-0.2, -0.15) is 0 Å². The van der Waals surface area contributed by atoms with Crippen LogP contribution in [0.5, 0.6) is 0 Å². The molecule has 3 fully saturated rings. The first-order valence-electron chi connectivity index (χ1n) is 23.1. The van der Waals surface area contributed by atoms with E-state index in [-0.39, 0.29) is 41.3 Å². The number of likely N-dealkylation sites (tertiary alicyclic amines) is 2. The van der Waals surface area contributed by atoms with Crippen molar-refractivity contribution >= 4 is 34.8 Å². The highest BCUT2D eigenvalue weighted by Crippen LogP contribution is 2.58. The maximum Gasteiger partial charge on any atom is 0.407 e. The lowest BCUT2D eigenvalue weighted by molar-refractivity contribution is -0.141. The number of carbonyl (C=O) groups is 4.